The molecule has 1 amide bonds. The first-order valence-electron chi connectivity index (χ1n) is 13.3. The van der Waals surface area contributed by atoms with Crippen LogP contribution in [0.4, 0.5) is 10.1 Å². The third kappa shape index (κ3) is 4.57. The molecule has 1 N–H and O–H groups in total. The molecule has 3 aromatic carbocycles. The van der Waals surface area contributed by atoms with E-state index in [2.05, 4.69) is 46.3 Å². The molecule has 2 fully saturated rings. The van der Waals surface area contributed by atoms with Crippen LogP contribution in [-0.2, 0) is 6.42 Å². The largest absolute Gasteiger partial charge is 0.371 e. The highest BCUT2D eigenvalue weighted by molar-refractivity contribution is 5.95. The van der Waals surface area contributed by atoms with Crippen LogP contribution in [0.3, 0.4) is 0 Å². The number of H-pyrrole nitrogens is 1. The van der Waals surface area contributed by atoms with Crippen LogP contribution in [0.1, 0.15) is 46.4 Å². The van der Waals surface area contributed by atoms with Gasteiger partial charge in [-0.05, 0) is 67.5 Å². The molecule has 0 radical (unpaired) electrons. The molecule has 6 nitrogen and oxygen atoms in total. The first-order valence-corrected chi connectivity index (χ1v) is 13.3. The van der Waals surface area contributed by atoms with Gasteiger partial charge < -0.3 is 9.80 Å². The minimum Gasteiger partial charge on any atom is -0.371 e. The van der Waals surface area contributed by atoms with Crippen LogP contribution >= 0.6 is 0 Å². The summed E-state index contributed by atoms with van der Waals surface area (Å²) in [5, 5.41) is 8.10. The monoisotopic (exact) mass is 510 g/mol. The summed E-state index contributed by atoms with van der Waals surface area (Å²) >= 11 is 0. The highest BCUT2D eigenvalue weighted by Crippen LogP contribution is 2.42. The molecular weight excluding hydrogens is 479 g/mol. The van der Waals surface area contributed by atoms with E-state index >= 15 is 0 Å². The van der Waals surface area contributed by atoms with E-state index in [-0.39, 0.29) is 22.4 Å². The van der Waals surface area contributed by atoms with Crippen molar-refractivity contribution in [1.82, 2.24) is 15.1 Å². The zero-order valence-corrected chi connectivity index (χ0v) is 21.5. The molecule has 2 saturated heterocycles. The van der Waals surface area contributed by atoms with Crippen molar-refractivity contribution in [3.8, 4) is 0 Å². The number of rotatable bonds is 4. The molecule has 4 aromatic rings. The topological polar surface area (TPSA) is 69.3 Å². The fraction of sp³-hybridized carbons (Fsp3) is 0.323. The number of halogens is 1. The number of hydrogen-bond donors (Lipinski definition) is 1. The van der Waals surface area contributed by atoms with Gasteiger partial charge in [0.2, 0.25) is 0 Å². The number of carbonyl (C=O) groups is 1. The Kier molecular flexibility index (Phi) is 6.22. The number of aromatic nitrogens is 2. The standard InChI is InChI=1S/C31H31FN4O2/c1-21-6-9-23(10-7-21)35-15-12-31(13-16-35)14-17-36(20-31)30(38)26-18-22(8-11-27(26)32)19-28-24-4-2-3-5-25(24)29(37)34-33-28/h2-11,18H,12-17,19-20H2,1H3,(H,34,37). The van der Waals surface area contributed by atoms with Crippen LogP contribution < -0.4 is 10.5 Å². The zero-order chi connectivity index (χ0) is 26.3. The number of anilines is 1. The van der Waals surface area contributed by atoms with E-state index in [1.807, 2.05) is 23.1 Å². The van der Waals surface area contributed by atoms with Gasteiger partial charge in [0.1, 0.15) is 5.82 Å². The van der Waals surface area contributed by atoms with Gasteiger partial charge in [-0.25, -0.2) is 9.49 Å². The first-order chi connectivity index (χ1) is 18.4. The lowest BCUT2D eigenvalue weighted by molar-refractivity contribution is 0.0759. The van der Waals surface area contributed by atoms with Crippen molar-refractivity contribution < 1.29 is 9.18 Å². The lowest BCUT2D eigenvalue weighted by atomic mass is 9.77. The summed E-state index contributed by atoms with van der Waals surface area (Å²) in [6.45, 7) is 5.35. The molecule has 0 unspecified atom stereocenters. The van der Waals surface area contributed by atoms with Gasteiger partial charge in [-0.3, -0.25) is 9.59 Å². The molecule has 0 aliphatic carbocycles. The van der Waals surface area contributed by atoms with Gasteiger partial charge in [0, 0.05) is 43.7 Å². The fourth-order valence-corrected chi connectivity index (χ4v) is 6.03. The summed E-state index contributed by atoms with van der Waals surface area (Å²) < 4.78 is 14.9. The van der Waals surface area contributed by atoms with Crippen molar-refractivity contribution in [3.63, 3.8) is 0 Å². The van der Waals surface area contributed by atoms with E-state index in [0.29, 0.717) is 30.6 Å². The van der Waals surface area contributed by atoms with Crippen molar-refractivity contribution in [2.45, 2.75) is 32.6 Å². The highest BCUT2D eigenvalue weighted by Gasteiger charge is 2.42. The number of hydrogen-bond acceptors (Lipinski definition) is 4. The second-order valence-electron chi connectivity index (χ2n) is 10.8. The number of aromatic amines is 1. The number of likely N-dealkylation sites (tertiary alicyclic amines) is 1. The molecule has 7 heteroatoms. The van der Waals surface area contributed by atoms with Crippen molar-refractivity contribution in [3.05, 3.63) is 105 Å². The summed E-state index contributed by atoms with van der Waals surface area (Å²) in [6.07, 6.45) is 3.39. The Hall–Kier alpha value is -4.00. The van der Waals surface area contributed by atoms with E-state index in [4.69, 9.17) is 0 Å². The Morgan fingerprint density at radius 1 is 0.974 bits per heavy atom. The number of piperidine rings is 1. The normalized spacial score (nSPS) is 16.9. The van der Waals surface area contributed by atoms with Crippen molar-refractivity contribution in [1.29, 1.82) is 0 Å². The molecular formula is C31H31FN4O2. The second kappa shape index (κ2) is 9.71. The Bertz CT molecular complexity index is 1550. The van der Waals surface area contributed by atoms with E-state index in [9.17, 15) is 14.0 Å². The molecule has 38 heavy (non-hydrogen) atoms. The second-order valence-corrected chi connectivity index (χ2v) is 10.8. The van der Waals surface area contributed by atoms with Crippen molar-refractivity contribution >= 4 is 22.4 Å². The van der Waals surface area contributed by atoms with Crippen LogP contribution in [0.15, 0.2) is 71.5 Å². The summed E-state index contributed by atoms with van der Waals surface area (Å²) in [6, 6.07) is 20.6. The third-order valence-corrected chi connectivity index (χ3v) is 8.36. The van der Waals surface area contributed by atoms with E-state index in [0.717, 1.165) is 43.3 Å². The smallest absolute Gasteiger partial charge is 0.272 e. The Labute approximate surface area is 221 Å². The Morgan fingerprint density at radius 2 is 1.68 bits per heavy atom. The zero-order valence-electron chi connectivity index (χ0n) is 21.5. The lowest BCUT2D eigenvalue weighted by Crippen LogP contribution is -2.42. The molecule has 2 aliphatic heterocycles. The van der Waals surface area contributed by atoms with Crippen LogP contribution in [-0.4, -0.2) is 47.2 Å². The van der Waals surface area contributed by atoms with Gasteiger partial charge in [-0.1, -0.05) is 42.0 Å². The van der Waals surface area contributed by atoms with Crippen LogP contribution in [0.25, 0.3) is 10.8 Å². The van der Waals surface area contributed by atoms with E-state index in [1.165, 1.54) is 17.3 Å². The number of nitrogens with zero attached hydrogens (tertiary/aromatic N) is 3. The molecule has 0 atom stereocenters. The first kappa shape index (κ1) is 24.3. The summed E-state index contributed by atoms with van der Waals surface area (Å²) in [7, 11) is 0. The van der Waals surface area contributed by atoms with Gasteiger partial charge >= 0.3 is 0 Å². The fourth-order valence-electron chi connectivity index (χ4n) is 6.03. The highest BCUT2D eigenvalue weighted by atomic mass is 19.1. The average molecular weight is 511 g/mol. The molecule has 194 valence electrons. The van der Waals surface area contributed by atoms with E-state index in [1.54, 1.807) is 18.2 Å². The molecule has 2 aliphatic rings. The molecule has 1 spiro atoms. The van der Waals surface area contributed by atoms with Gasteiger partial charge in [-0.15, -0.1) is 0 Å². The minimum atomic E-state index is -0.506. The Balaban J connectivity index is 1.16. The maximum Gasteiger partial charge on any atom is 0.272 e. The maximum absolute atomic E-state index is 14.9. The van der Waals surface area contributed by atoms with Gasteiger partial charge in [0.15, 0.2) is 0 Å². The number of aryl methyl sites for hydroxylation is 1. The summed E-state index contributed by atoms with van der Waals surface area (Å²) in [5.74, 6) is -0.755. The number of amides is 1. The quantitative estimate of drug-likeness (QED) is 0.415. The molecule has 0 bridgehead atoms. The number of fused-ring (bicyclic) bond motifs is 1. The molecule has 3 heterocycles. The Morgan fingerprint density at radius 3 is 2.45 bits per heavy atom. The molecule has 6 rings (SSSR count). The number of benzene rings is 3. The van der Waals surface area contributed by atoms with E-state index < -0.39 is 5.82 Å². The molecule has 1 aromatic heterocycles. The SMILES string of the molecule is Cc1ccc(N2CCC3(CCN(C(=O)c4cc(Cc5n[nH]c(=O)c6ccccc56)ccc4F)C3)CC2)cc1. The summed E-state index contributed by atoms with van der Waals surface area (Å²) in [4.78, 5) is 29.9. The molecule has 0 saturated carbocycles. The maximum atomic E-state index is 14.9. The minimum absolute atomic E-state index is 0.101. The number of carbonyl (C=O) groups excluding carboxylic acids is 1. The van der Waals surface area contributed by atoms with Crippen LogP contribution in [0, 0.1) is 18.2 Å². The van der Waals surface area contributed by atoms with Crippen LogP contribution in [0.2, 0.25) is 0 Å². The average Bonchev–Trinajstić information content (AvgIpc) is 3.35. The number of nitrogens with one attached hydrogen (secondary N) is 1. The van der Waals surface area contributed by atoms with Crippen LogP contribution in [0.5, 0.6) is 0 Å². The van der Waals surface area contributed by atoms with Crippen molar-refractivity contribution in [2.24, 2.45) is 5.41 Å². The lowest BCUT2D eigenvalue weighted by Gasteiger charge is -2.40. The van der Waals surface area contributed by atoms with Crippen molar-refractivity contribution in [2.75, 3.05) is 31.1 Å². The summed E-state index contributed by atoms with van der Waals surface area (Å²) in [5.41, 5.74) is 3.93. The predicted octanol–water partition coefficient (Wildman–Crippen LogP) is 5.09. The van der Waals surface area contributed by atoms with Gasteiger partial charge in [0.25, 0.3) is 11.5 Å². The predicted molar refractivity (Wildman–Crippen MR) is 147 cm³/mol. The third-order valence-electron chi connectivity index (χ3n) is 8.36. The van der Waals surface area contributed by atoms with Gasteiger partial charge in [0.05, 0.1) is 16.6 Å². The van der Waals surface area contributed by atoms with Gasteiger partial charge in [-0.2, -0.15) is 5.10 Å².